The van der Waals surface area contributed by atoms with E-state index in [1.807, 2.05) is 0 Å². The highest BCUT2D eigenvalue weighted by Gasteiger charge is 1.89. The molecule has 44 valence electrons. The Labute approximate surface area is 44.4 Å². The van der Waals surface area contributed by atoms with E-state index in [-0.39, 0.29) is 0 Å². The molecule has 5 heteroatoms. The topological polar surface area (TPSA) is 80.4 Å². The van der Waals surface area contributed by atoms with Crippen LogP contribution in [0.25, 0.3) is 0 Å². The van der Waals surface area contributed by atoms with Crippen LogP contribution in [0.15, 0.2) is 12.3 Å². The third kappa shape index (κ3) is 4.61. The number of rotatable bonds is 2. The maximum Gasteiger partial charge on any atom is 0.334 e. The first-order valence-electron chi connectivity index (χ1n) is 1.67. The van der Waals surface area contributed by atoms with E-state index in [2.05, 4.69) is 0 Å². The number of carboxylic acid groups (broad SMARTS) is 1. The molecule has 0 aromatic rings. The van der Waals surface area contributed by atoms with Gasteiger partial charge in [-0.25, -0.2) is 4.79 Å². The van der Waals surface area contributed by atoms with E-state index in [0.29, 0.717) is 12.3 Å². The number of nitro groups is 1. The summed E-state index contributed by atoms with van der Waals surface area (Å²) in [6.45, 7) is 0. The summed E-state index contributed by atoms with van der Waals surface area (Å²) < 4.78 is 0. The van der Waals surface area contributed by atoms with Crippen molar-refractivity contribution in [1.82, 2.24) is 0 Å². The molecule has 8 heavy (non-hydrogen) atoms. The van der Waals surface area contributed by atoms with Gasteiger partial charge in [-0.15, -0.1) is 0 Å². The van der Waals surface area contributed by atoms with Gasteiger partial charge in [0.2, 0.25) is 6.20 Å². The molecule has 0 heterocycles. The number of nitrogens with zero attached hydrogens (tertiary/aromatic N) is 1. The Balaban J connectivity index is 3.67. The van der Waals surface area contributed by atoms with Gasteiger partial charge in [-0.05, 0) is 0 Å². The number of carboxylic acids is 1. The van der Waals surface area contributed by atoms with Crippen LogP contribution in [0.5, 0.6) is 0 Å². The van der Waals surface area contributed by atoms with Gasteiger partial charge in [-0.3, -0.25) is 10.1 Å². The Kier molecular flexibility index (Phi) is 2.25. The molecule has 0 fully saturated rings. The lowest BCUT2D eigenvalue weighted by Crippen LogP contribution is -1.90. The minimum atomic E-state index is -1.32. The summed E-state index contributed by atoms with van der Waals surface area (Å²) in [5.41, 5.74) is 0. The molecular formula is C3H3NO4. The van der Waals surface area contributed by atoms with Crippen molar-refractivity contribution in [2.24, 2.45) is 0 Å². The van der Waals surface area contributed by atoms with Gasteiger partial charge in [-0.1, -0.05) is 0 Å². The summed E-state index contributed by atoms with van der Waals surface area (Å²) in [7, 11) is 0. The SMILES string of the molecule is O=C(O)/C=C/[N+](=O)[O-]. The standard InChI is InChI=1S/C3H3NO4/c5-3(6)1-2-4(7)8/h1-2H,(H,5,6)/b2-1+. The Morgan fingerprint density at radius 1 is 1.75 bits per heavy atom. The highest BCUT2D eigenvalue weighted by atomic mass is 16.6. The van der Waals surface area contributed by atoms with Crippen LogP contribution in [0.1, 0.15) is 0 Å². The average Bonchev–Trinajstić information content (AvgIpc) is 1.61. The van der Waals surface area contributed by atoms with Crippen LogP contribution in [0.2, 0.25) is 0 Å². The summed E-state index contributed by atoms with van der Waals surface area (Å²) in [5, 5.41) is 17.1. The van der Waals surface area contributed by atoms with Crippen molar-refractivity contribution in [3.63, 3.8) is 0 Å². The van der Waals surface area contributed by atoms with Crippen LogP contribution in [0.3, 0.4) is 0 Å². The lowest BCUT2D eigenvalue weighted by molar-refractivity contribution is -0.402. The number of carbonyl (C=O) groups is 1. The molecule has 0 aromatic carbocycles. The van der Waals surface area contributed by atoms with E-state index in [9.17, 15) is 14.9 Å². The Morgan fingerprint density at radius 3 is 2.38 bits per heavy atom. The summed E-state index contributed by atoms with van der Waals surface area (Å²) >= 11 is 0. The predicted octanol–water partition coefficient (Wildman–Crippen LogP) is -0.139. The van der Waals surface area contributed by atoms with Crippen LogP contribution >= 0.6 is 0 Å². The maximum atomic E-state index is 9.51. The van der Waals surface area contributed by atoms with Crippen molar-refractivity contribution in [3.05, 3.63) is 22.4 Å². The lowest BCUT2D eigenvalue weighted by atomic mass is 10.6. The quantitative estimate of drug-likeness (QED) is 0.310. The zero-order valence-electron chi connectivity index (χ0n) is 3.77. The minimum Gasteiger partial charge on any atom is -0.478 e. The number of hydrogen-bond donors (Lipinski definition) is 1. The van der Waals surface area contributed by atoms with Gasteiger partial charge in [0, 0.05) is 0 Å². The molecule has 0 unspecified atom stereocenters. The number of aliphatic carboxylic acids is 1. The predicted molar refractivity (Wildman–Crippen MR) is 23.8 cm³/mol. The smallest absolute Gasteiger partial charge is 0.334 e. The first-order chi connectivity index (χ1) is 3.63. The normalized spacial score (nSPS) is 9.50. The van der Waals surface area contributed by atoms with E-state index in [0.717, 1.165) is 0 Å². The molecule has 0 rings (SSSR count). The Hall–Kier alpha value is -1.39. The zero-order chi connectivity index (χ0) is 6.57. The van der Waals surface area contributed by atoms with Crippen molar-refractivity contribution >= 4 is 5.97 Å². The summed E-state index contributed by atoms with van der Waals surface area (Å²) in [5.74, 6) is -1.32. The van der Waals surface area contributed by atoms with Gasteiger partial charge in [0.1, 0.15) is 0 Å². The lowest BCUT2D eigenvalue weighted by Gasteiger charge is -1.73. The van der Waals surface area contributed by atoms with Crippen LogP contribution in [-0.4, -0.2) is 16.0 Å². The minimum absolute atomic E-state index is 0.363. The molecule has 0 saturated heterocycles. The Morgan fingerprint density at radius 2 is 2.25 bits per heavy atom. The zero-order valence-corrected chi connectivity index (χ0v) is 3.77. The van der Waals surface area contributed by atoms with Crippen LogP contribution < -0.4 is 0 Å². The molecule has 0 spiro atoms. The highest BCUT2D eigenvalue weighted by molar-refractivity contribution is 5.79. The van der Waals surface area contributed by atoms with E-state index >= 15 is 0 Å². The molecule has 1 N–H and O–H groups in total. The third-order valence-corrected chi connectivity index (χ3v) is 0.339. The summed E-state index contributed by atoms with van der Waals surface area (Å²) in [6, 6.07) is 0. The van der Waals surface area contributed by atoms with Crippen molar-refractivity contribution < 1.29 is 14.8 Å². The van der Waals surface area contributed by atoms with E-state index in [1.165, 1.54) is 0 Å². The molecule has 0 aromatic heterocycles. The van der Waals surface area contributed by atoms with Crippen LogP contribution in [0, 0.1) is 10.1 Å². The molecule has 0 bridgehead atoms. The highest BCUT2D eigenvalue weighted by Crippen LogP contribution is 1.71. The fraction of sp³-hybridized carbons (Fsp3) is 0. The monoisotopic (exact) mass is 117 g/mol. The molecule has 0 aliphatic heterocycles. The van der Waals surface area contributed by atoms with E-state index < -0.39 is 10.9 Å². The van der Waals surface area contributed by atoms with Crippen molar-refractivity contribution in [3.8, 4) is 0 Å². The van der Waals surface area contributed by atoms with E-state index in [4.69, 9.17) is 5.11 Å². The first-order valence-corrected chi connectivity index (χ1v) is 1.67. The molecular weight excluding hydrogens is 114 g/mol. The van der Waals surface area contributed by atoms with Gasteiger partial charge < -0.3 is 5.11 Å². The second kappa shape index (κ2) is 2.73. The fourth-order valence-electron chi connectivity index (χ4n) is 0.125. The van der Waals surface area contributed by atoms with Crippen LogP contribution in [-0.2, 0) is 4.79 Å². The average molecular weight is 117 g/mol. The van der Waals surface area contributed by atoms with Gasteiger partial charge in [0.05, 0.1) is 11.0 Å². The molecule has 0 amide bonds. The largest absolute Gasteiger partial charge is 0.478 e. The number of hydrogen-bond acceptors (Lipinski definition) is 3. The molecule has 0 radical (unpaired) electrons. The summed E-state index contributed by atoms with van der Waals surface area (Å²) in [6.07, 6.45) is 0.822. The fourth-order valence-corrected chi connectivity index (χ4v) is 0.125. The molecule has 5 nitrogen and oxygen atoms in total. The third-order valence-electron chi connectivity index (χ3n) is 0.339. The molecule has 0 aliphatic rings. The summed E-state index contributed by atoms with van der Waals surface area (Å²) in [4.78, 5) is 18.0. The second-order valence-electron chi connectivity index (χ2n) is 0.939. The van der Waals surface area contributed by atoms with Gasteiger partial charge in [0.25, 0.3) is 0 Å². The first kappa shape index (κ1) is 6.61. The van der Waals surface area contributed by atoms with E-state index in [1.54, 1.807) is 0 Å². The van der Waals surface area contributed by atoms with Gasteiger partial charge >= 0.3 is 5.97 Å². The van der Waals surface area contributed by atoms with Crippen molar-refractivity contribution in [2.45, 2.75) is 0 Å². The Bertz CT molecular complexity index is 122. The van der Waals surface area contributed by atoms with Crippen molar-refractivity contribution in [1.29, 1.82) is 0 Å². The molecule has 0 saturated carbocycles. The molecule has 0 atom stereocenters. The van der Waals surface area contributed by atoms with Gasteiger partial charge in [-0.2, -0.15) is 0 Å². The van der Waals surface area contributed by atoms with Gasteiger partial charge in [0.15, 0.2) is 0 Å². The second-order valence-corrected chi connectivity index (χ2v) is 0.939. The van der Waals surface area contributed by atoms with Crippen molar-refractivity contribution in [2.75, 3.05) is 0 Å². The van der Waals surface area contributed by atoms with Crippen LogP contribution in [0.4, 0.5) is 0 Å². The molecule has 0 aliphatic carbocycles. The maximum absolute atomic E-state index is 9.51.